The number of nitrogens with zero attached hydrogens (tertiary/aromatic N) is 1. The van der Waals surface area contributed by atoms with E-state index in [4.69, 9.17) is 5.11 Å². The van der Waals surface area contributed by atoms with Gasteiger partial charge < -0.3 is 9.63 Å². The van der Waals surface area contributed by atoms with Crippen molar-refractivity contribution in [3.8, 4) is 0 Å². The van der Waals surface area contributed by atoms with Gasteiger partial charge in [0.1, 0.15) is 21.7 Å². The van der Waals surface area contributed by atoms with Crippen LogP contribution >= 0.6 is 11.3 Å². The van der Waals surface area contributed by atoms with Crippen LogP contribution in [0, 0.1) is 6.92 Å². The van der Waals surface area contributed by atoms with E-state index >= 15 is 0 Å². The first-order chi connectivity index (χ1) is 8.42. The van der Waals surface area contributed by atoms with Crippen LogP contribution in [-0.4, -0.2) is 24.7 Å². The van der Waals surface area contributed by atoms with Crippen molar-refractivity contribution in [1.29, 1.82) is 0 Å². The van der Waals surface area contributed by atoms with Crippen molar-refractivity contribution in [2.24, 2.45) is 0 Å². The molecule has 0 aliphatic carbocycles. The monoisotopic (exact) mass is 288 g/mol. The highest BCUT2D eigenvalue weighted by molar-refractivity contribution is 7.93. The third kappa shape index (κ3) is 2.22. The molecule has 0 bridgehead atoms. The van der Waals surface area contributed by atoms with Crippen LogP contribution in [0.1, 0.15) is 15.2 Å². The second-order valence-corrected chi connectivity index (χ2v) is 5.90. The number of anilines is 1. The van der Waals surface area contributed by atoms with Gasteiger partial charge in [-0.15, -0.1) is 11.3 Å². The van der Waals surface area contributed by atoms with E-state index in [1.807, 2.05) is 0 Å². The van der Waals surface area contributed by atoms with Gasteiger partial charge in [-0.1, -0.05) is 5.16 Å². The number of aromatic nitrogens is 1. The lowest BCUT2D eigenvalue weighted by Gasteiger charge is -2.06. The van der Waals surface area contributed by atoms with Crippen LogP contribution in [0.5, 0.6) is 0 Å². The molecule has 7 nitrogen and oxygen atoms in total. The Kier molecular flexibility index (Phi) is 3.09. The zero-order valence-electron chi connectivity index (χ0n) is 9.08. The highest BCUT2D eigenvalue weighted by Crippen LogP contribution is 2.28. The molecule has 9 heteroatoms. The first kappa shape index (κ1) is 12.6. The quantitative estimate of drug-likeness (QED) is 0.883. The third-order valence-electron chi connectivity index (χ3n) is 2.07. The Morgan fingerprint density at radius 2 is 2.28 bits per heavy atom. The van der Waals surface area contributed by atoms with Gasteiger partial charge in [0.25, 0.3) is 10.0 Å². The average Bonchev–Trinajstić information content (AvgIpc) is 2.86. The summed E-state index contributed by atoms with van der Waals surface area (Å²) < 4.78 is 30.8. The number of carbonyl (C=O) groups is 1. The molecule has 0 saturated carbocycles. The number of rotatable bonds is 4. The number of thiophene rings is 1. The van der Waals surface area contributed by atoms with E-state index in [1.165, 1.54) is 18.5 Å². The van der Waals surface area contributed by atoms with Crippen molar-refractivity contribution in [3.63, 3.8) is 0 Å². The average molecular weight is 288 g/mol. The molecule has 2 heterocycles. The van der Waals surface area contributed by atoms with Gasteiger partial charge >= 0.3 is 5.97 Å². The first-order valence-electron chi connectivity index (χ1n) is 4.65. The van der Waals surface area contributed by atoms with Crippen molar-refractivity contribution in [2.45, 2.75) is 11.8 Å². The Hall–Kier alpha value is -1.87. The molecule has 0 spiro atoms. The molecule has 0 saturated heterocycles. The summed E-state index contributed by atoms with van der Waals surface area (Å²) in [6.07, 6.45) is 2.29. The number of carboxylic acids is 1. The summed E-state index contributed by atoms with van der Waals surface area (Å²) in [6, 6.07) is 0. The minimum atomic E-state index is -3.97. The Morgan fingerprint density at radius 3 is 2.83 bits per heavy atom. The maximum Gasteiger partial charge on any atom is 0.347 e. The Bertz CT molecular complexity index is 672. The Balaban J connectivity index is 2.47. The van der Waals surface area contributed by atoms with E-state index in [9.17, 15) is 13.2 Å². The van der Waals surface area contributed by atoms with Gasteiger partial charge in [0, 0.05) is 0 Å². The zero-order valence-corrected chi connectivity index (χ0v) is 10.7. The van der Waals surface area contributed by atoms with E-state index in [0.717, 1.165) is 17.6 Å². The summed E-state index contributed by atoms with van der Waals surface area (Å²) in [5.74, 6) is -1.28. The Labute approximate surface area is 106 Å². The van der Waals surface area contributed by atoms with Crippen LogP contribution in [0.2, 0.25) is 0 Å². The second-order valence-electron chi connectivity index (χ2n) is 3.40. The van der Waals surface area contributed by atoms with Crippen LogP contribution in [0.25, 0.3) is 0 Å². The van der Waals surface area contributed by atoms with Crippen LogP contribution < -0.4 is 4.72 Å². The molecule has 2 N–H and O–H groups in total. The largest absolute Gasteiger partial charge is 0.477 e. The highest BCUT2D eigenvalue weighted by atomic mass is 32.2. The van der Waals surface area contributed by atoms with Gasteiger partial charge in [-0.25, -0.2) is 13.2 Å². The van der Waals surface area contributed by atoms with Gasteiger partial charge in [-0.05, 0) is 17.9 Å². The molecule has 2 aromatic heterocycles. The van der Waals surface area contributed by atoms with Gasteiger partial charge in [-0.3, -0.25) is 4.72 Å². The molecule has 2 aromatic rings. The molecule has 0 aliphatic rings. The fourth-order valence-electron chi connectivity index (χ4n) is 1.38. The molecule has 0 aliphatic heterocycles. The summed E-state index contributed by atoms with van der Waals surface area (Å²) in [5, 5.41) is 13.8. The van der Waals surface area contributed by atoms with Crippen LogP contribution in [0.3, 0.4) is 0 Å². The summed E-state index contributed by atoms with van der Waals surface area (Å²) >= 11 is 0.866. The summed E-state index contributed by atoms with van der Waals surface area (Å²) in [5.41, 5.74) is 0.512. The molecule has 0 amide bonds. The minimum Gasteiger partial charge on any atom is -0.477 e. The van der Waals surface area contributed by atoms with E-state index in [-0.39, 0.29) is 15.5 Å². The maximum atomic E-state index is 12.1. The number of carboxylic acid groups (broad SMARTS) is 1. The zero-order chi connectivity index (χ0) is 13.3. The molecule has 0 unspecified atom stereocenters. The number of hydrogen-bond acceptors (Lipinski definition) is 6. The fraction of sp³-hybridized carbons (Fsp3) is 0.111. The first-order valence-corrected chi connectivity index (χ1v) is 7.01. The summed E-state index contributed by atoms with van der Waals surface area (Å²) in [6.45, 7) is 1.53. The Morgan fingerprint density at radius 1 is 1.56 bits per heavy atom. The molecule has 2 rings (SSSR count). The highest BCUT2D eigenvalue weighted by Gasteiger charge is 2.27. The molecular formula is C9H8N2O5S2. The number of aryl methyl sites for hydroxylation is 1. The van der Waals surface area contributed by atoms with Crippen LogP contribution in [0.15, 0.2) is 27.3 Å². The van der Waals surface area contributed by atoms with E-state index < -0.39 is 16.0 Å². The molecule has 0 atom stereocenters. The predicted molar refractivity (Wildman–Crippen MR) is 63.3 cm³/mol. The number of aromatic carboxylic acids is 1. The van der Waals surface area contributed by atoms with Gasteiger partial charge in [0.2, 0.25) is 0 Å². The lowest BCUT2D eigenvalue weighted by atomic mass is 10.3. The van der Waals surface area contributed by atoms with Crippen LogP contribution in [-0.2, 0) is 10.0 Å². The molecule has 0 aromatic carbocycles. The number of nitrogens with one attached hydrogen (secondary N) is 1. The van der Waals surface area contributed by atoms with Gasteiger partial charge in [-0.2, -0.15) is 0 Å². The number of hydrogen-bond donors (Lipinski definition) is 2. The fourth-order valence-corrected chi connectivity index (χ4v) is 4.03. The standard InChI is InChI=1S/C9H8N2O5S2/c1-5-4-17-7(9(12)13)8(5)18(14,15)11-6-2-10-16-3-6/h2-4,11H,1H3,(H,12,13). The van der Waals surface area contributed by atoms with Crippen LogP contribution in [0.4, 0.5) is 5.69 Å². The predicted octanol–water partition coefficient (Wildman–Crippen LogP) is 1.54. The van der Waals surface area contributed by atoms with Crippen molar-refractivity contribution in [1.82, 2.24) is 5.16 Å². The van der Waals surface area contributed by atoms with E-state index in [1.54, 1.807) is 0 Å². The van der Waals surface area contributed by atoms with Gasteiger partial charge in [0.15, 0.2) is 0 Å². The lowest BCUT2D eigenvalue weighted by Crippen LogP contribution is -2.15. The van der Waals surface area contributed by atoms with Crippen molar-refractivity contribution >= 4 is 33.0 Å². The topological polar surface area (TPSA) is 110 Å². The summed E-state index contributed by atoms with van der Waals surface area (Å²) in [7, 11) is -3.97. The molecular weight excluding hydrogens is 280 g/mol. The SMILES string of the molecule is Cc1csc(C(=O)O)c1S(=O)(=O)Nc1cnoc1. The smallest absolute Gasteiger partial charge is 0.347 e. The van der Waals surface area contributed by atoms with Crippen molar-refractivity contribution < 1.29 is 22.8 Å². The van der Waals surface area contributed by atoms with Crippen molar-refractivity contribution in [3.05, 3.63) is 28.3 Å². The molecule has 18 heavy (non-hydrogen) atoms. The molecule has 0 fully saturated rings. The third-order valence-corrected chi connectivity index (χ3v) is 4.85. The minimum absolute atomic E-state index is 0.136. The number of sulfonamides is 1. The van der Waals surface area contributed by atoms with E-state index in [2.05, 4.69) is 14.4 Å². The molecule has 0 radical (unpaired) electrons. The maximum absolute atomic E-state index is 12.1. The summed E-state index contributed by atoms with van der Waals surface area (Å²) in [4.78, 5) is 10.5. The van der Waals surface area contributed by atoms with Crippen molar-refractivity contribution in [2.75, 3.05) is 4.72 Å². The molecule has 96 valence electrons. The van der Waals surface area contributed by atoms with E-state index in [0.29, 0.717) is 5.56 Å². The lowest BCUT2D eigenvalue weighted by molar-refractivity contribution is 0.0698. The second kappa shape index (κ2) is 4.42. The van der Waals surface area contributed by atoms with Gasteiger partial charge in [0.05, 0.1) is 6.20 Å². The normalized spacial score (nSPS) is 11.4.